The zero-order valence-corrected chi connectivity index (χ0v) is 30.4. The lowest BCUT2D eigenvalue weighted by atomic mass is 10.0. The topological polar surface area (TPSA) is 130 Å². The molecule has 0 spiro atoms. The average Bonchev–Trinajstić information content (AvgIpc) is 4.02. The van der Waals surface area contributed by atoms with Crippen LogP contribution in [0.3, 0.4) is 0 Å². The highest BCUT2D eigenvalue weighted by Gasteiger charge is 2.37. The molecule has 3 N–H and O–H groups in total. The number of benzene rings is 3. The van der Waals surface area contributed by atoms with Crippen molar-refractivity contribution in [1.82, 2.24) is 44.8 Å². The molecule has 2 saturated heterocycles. The van der Waals surface area contributed by atoms with E-state index in [1.165, 1.54) is 0 Å². The molecule has 2 aliphatic heterocycles. The number of nitrogens with one attached hydrogen (secondary N) is 3. The summed E-state index contributed by atoms with van der Waals surface area (Å²) in [6.07, 6.45) is 7.69. The summed E-state index contributed by atoms with van der Waals surface area (Å²) >= 11 is 0. The molecule has 0 radical (unpaired) electrons. The van der Waals surface area contributed by atoms with Gasteiger partial charge in [0.1, 0.15) is 17.7 Å². The third-order valence-electron chi connectivity index (χ3n) is 10.6. The van der Waals surface area contributed by atoms with Gasteiger partial charge in [-0.2, -0.15) is 5.10 Å². The van der Waals surface area contributed by atoms with Crippen molar-refractivity contribution in [2.45, 2.75) is 57.2 Å². The summed E-state index contributed by atoms with van der Waals surface area (Å²) in [6, 6.07) is 28.4. The SMILES string of the molecule is Cc1cc(CC(=O)N2CCC[C@H]2c2ncc(-c3ccc(-c4ccc(-c5cnc([C@@H]6CCCN6C(=O)[C@@H](c6ccccc6)N(C)C)[nH]5)cc4)cc3)[nH]2)n[nH]1. The van der Waals surface area contributed by atoms with E-state index in [-0.39, 0.29) is 36.4 Å². The van der Waals surface area contributed by atoms with Crippen LogP contribution in [0.5, 0.6) is 0 Å². The second-order valence-corrected chi connectivity index (χ2v) is 14.4. The molecule has 3 aromatic heterocycles. The van der Waals surface area contributed by atoms with E-state index < -0.39 is 0 Å². The molecule has 2 amide bonds. The molecular formula is C42H45N9O2. The van der Waals surface area contributed by atoms with Gasteiger partial charge >= 0.3 is 0 Å². The van der Waals surface area contributed by atoms with Crippen molar-refractivity contribution in [3.05, 3.63) is 126 Å². The minimum atomic E-state index is -0.340. The lowest BCUT2D eigenvalue weighted by molar-refractivity contribution is -0.137. The standard InChI is InChI=1S/C42H45N9O2/c1-27-23-33(48-47-27)24-38(52)50-21-7-11-36(50)40-43-25-34(45-40)30-17-13-28(14-18-30)29-15-19-31(20-16-29)35-26-44-41(46-35)37-12-8-22-51(37)42(53)39(49(2)3)32-9-5-4-6-10-32/h4-6,9-10,13-20,23,25-26,36-37,39H,7-8,11-12,21-22,24H2,1-3H3,(H,43,45)(H,44,46)(H,47,48)/t36-,37-,39+/m0/s1. The molecule has 0 unspecified atom stereocenters. The van der Waals surface area contributed by atoms with Crippen LogP contribution in [-0.2, 0) is 16.0 Å². The highest BCUT2D eigenvalue weighted by atomic mass is 16.2. The summed E-state index contributed by atoms with van der Waals surface area (Å²) in [4.78, 5) is 49.4. The number of nitrogens with zero attached hydrogens (tertiary/aromatic N) is 6. The zero-order chi connectivity index (χ0) is 36.5. The van der Waals surface area contributed by atoms with Crippen molar-refractivity contribution in [3.8, 4) is 33.6 Å². The Morgan fingerprint density at radius 1 is 0.755 bits per heavy atom. The summed E-state index contributed by atoms with van der Waals surface area (Å²) in [5.74, 6) is 1.83. The van der Waals surface area contributed by atoms with E-state index in [1.54, 1.807) is 0 Å². The van der Waals surface area contributed by atoms with Gasteiger partial charge in [0, 0.05) is 18.8 Å². The molecule has 5 heterocycles. The van der Waals surface area contributed by atoms with Crippen molar-refractivity contribution < 1.29 is 9.59 Å². The van der Waals surface area contributed by atoms with Crippen LogP contribution < -0.4 is 0 Å². The quantitative estimate of drug-likeness (QED) is 0.140. The van der Waals surface area contributed by atoms with Crippen LogP contribution in [0.2, 0.25) is 0 Å². The first-order valence-electron chi connectivity index (χ1n) is 18.5. The molecule has 53 heavy (non-hydrogen) atoms. The van der Waals surface area contributed by atoms with Gasteiger partial charge < -0.3 is 19.8 Å². The third-order valence-corrected chi connectivity index (χ3v) is 10.6. The molecule has 0 bridgehead atoms. The van der Waals surface area contributed by atoms with E-state index in [0.717, 1.165) is 101 Å². The first kappa shape index (κ1) is 34.3. The van der Waals surface area contributed by atoms with Crippen LogP contribution in [0.4, 0.5) is 0 Å². The number of aromatic amines is 3. The Bertz CT molecular complexity index is 2180. The first-order chi connectivity index (χ1) is 25.8. The summed E-state index contributed by atoms with van der Waals surface area (Å²) in [7, 11) is 3.92. The number of amides is 2. The van der Waals surface area contributed by atoms with Crippen LogP contribution in [-0.4, -0.2) is 83.8 Å². The summed E-state index contributed by atoms with van der Waals surface area (Å²) in [5.41, 5.74) is 8.88. The Morgan fingerprint density at radius 2 is 1.28 bits per heavy atom. The van der Waals surface area contributed by atoms with Gasteiger partial charge in [-0.1, -0.05) is 78.9 Å². The molecule has 3 aromatic carbocycles. The van der Waals surface area contributed by atoms with Crippen LogP contribution in [0.15, 0.2) is 97.3 Å². The van der Waals surface area contributed by atoms with Gasteiger partial charge in [-0.25, -0.2) is 9.97 Å². The van der Waals surface area contributed by atoms with Gasteiger partial charge in [-0.15, -0.1) is 0 Å². The van der Waals surface area contributed by atoms with E-state index in [0.29, 0.717) is 0 Å². The van der Waals surface area contributed by atoms with E-state index >= 15 is 0 Å². The Hall–Kier alpha value is -5.81. The number of rotatable bonds is 10. The van der Waals surface area contributed by atoms with Crippen LogP contribution in [0, 0.1) is 6.92 Å². The van der Waals surface area contributed by atoms with E-state index in [1.807, 2.05) is 84.5 Å². The van der Waals surface area contributed by atoms with Crippen molar-refractivity contribution in [2.75, 3.05) is 27.2 Å². The van der Waals surface area contributed by atoms with Crippen molar-refractivity contribution in [1.29, 1.82) is 0 Å². The molecule has 11 nitrogen and oxygen atoms in total. The van der Waals surface area contributed by atoms with Crippen molar-refractivity contribution >= 4 is 11.8 Å². The lowest BCUT2D eigenvalue weighted by Crippen LogP contribution is -2.40. The molecule has 11 heteroatoms. The Labute approximate surface area is 309 Å². The van der Waals surface area contributed by atoms with E-state index in [4.69, 9.17) is 9.97 Å². The second-order valence-electron chi connectivity index (χ2n) is 14.4. The Balaban J connectivity index is 0.921. The number of hydrogen-bond donors (Lipinski definition) is 3. The van der Waals surface area contributed by atoms with Crippen LogP contribution >= 0.6 is 0 Å². The third kappa shape index (κ3) is 7.04. The van der Waals surface area contributed by atoms with Gasteiger partial charge in [0.05, 0.1) is 48.0 Å². The number of carbonyl (C=O) groups excluding carboxylic acids is 2. The molecule has 270 valence electrons. The molecule has 2 aliphatic rings. The van der Waals surface area contributed by atoms with Gasteiger partial charge in [0.15, 0.2) is 0 Å². The molecule has 8 rings (SSSR count). The van der Waals surface area contributed by atoms with Crippen molar-refractivity contribution in [3.63, 3.8) is 0 Å². The predicted molar refractivity (Wildman–Crippen MR) is 204 cm³/mol. The maximum Gasteiger partial charge on any atom is 0.245 e. The van der Waals surface area contributed by atoms with E-state index in [9.17, 15) is 9.59 Å². The number of carbonyl (C=O) groups is 2. The predicted octanol–water partition coefficient (Wildman–Crippen LogP) is 7.04. The summed E-state index contributed by atoms with van der Waals surface area (Å²) in [6.45, 7) is 3.39. The molecule has 0 aliphatic carbocycles. The highest BCUT2D eigenvalue weighted by Crippen LogP contribution is 2.36. The summed E-state index contributed by atoms with van der Waals surface area (Å²) in [5, 5.41) is 7.16. The van der Waals surface area contributed by atoms with Gasteiger partial charge in [0.2, 0.25) is 11.8 Å². The molecule has 2 fully saturated rings. The fraction of sp³-hybridized carbons (Fsp3) is 0.310. The fourth-order valence-corrected chi connectivity index (χ4v) is 7.93. The highest BCUT2D eigenvalue weighted by molar-refractivity contribution is 5.84. The number of aryl methyl sites for hydroxylation is 1. The zero-order valence-electron chi connectivity index (χ0n) is 30.4. The number of hydrogen-bond acceptors (Lipinski definition) is 6. The average molecular weight is 708 g/mol. The Kier molecular flexibility index (Phi) is 9.49. The number of likely N-dealkylation sites (N-methyl/N-ethyl adjacent to an activating group) is 1. The lowest BCUT2D eigenvalue weighted by Gasteiger charge is -2.31. The minimum Gasteiger partial charge on any atom is -0.340 e. The van der Waals surface area contributed by atoms with Gasteiger partial charge in [-0.3, -0.25) is 19.6 Å². The summed E-state index contributed by atoms with van der Waals surface area (Å²) < 4.78 is 0. The van der Waals surface area contributed by atoms with E-state index in [2.05, 4.69) is 68.7 Å². The molecule has 0 saturated carbocycles. The molecular weight excluding hydrogens is 663 g/mol. The maximum absolute atomic E-state index is 13.9. The largest absolute Gasteiger partial charge is 0.340 e. The smallest absolute Gasteiger partial charge is 0.245 e. The first-order valence-corrected chi connectivity index (χ1v) is 18.5. The molecule has 6 aromatic rings. The number of imidazole rings is 2. The maximum atomic E-state index is 13.9. The van der Waals surface area contributed by atoms with Crippen molar-refractivity contribution in [2.24, 2.45) is 0 Å². The van der Waals surface area contributed by atoms with Gasteiger partial charge in [0.25, 0.3) is 0 Å². The van der Waals surface area contributed by atoms with Gasteiger partial charge in [-0.05, 0) is 80.6 Å². The minimum absolute atomic E-state index is 0.0605. The van der Waals surface area contributed by atoms with Crippen LogP contribution in [0.1, 0.15) is 72.4 Å². The normalized spacial score (nSPS) is 17.9. The van der Waals surface area contributed by atoms with Crippen LogP contribution in [0.25, 0.3) is 33.6 Å². The second kappa shape index (κ2) is 14.7. The number of aromatic nitrogens is 6. The fourth-order valence-electron chi connectivity index (χ4n) is 7.93. The molecule has 3 atom stereocenters. The Morgan fingerprint density at radius 3 is 1.81 bits per heavy atom. The number of H-pyrrole nitrogens is 3. The monoisotopic (exact) mass is 707 g/mol. The number of likely N-dealkylation sites (tertiary alicyclic amines) is 2.